The molecule has 1 rings (SSSR count). The number of terminal acetylenes is 1. The molecule has 68 valence electrons. The van der Waals surface area contributed by atoms with Gasteiger partial charge >= 0.3 is 0 Å². The van der Waals surface area contributed by atoms with Crippen LogP contribution in [0.2, 0.25) is 0 Å². The first-order valence-electron chi connectivity index (χ1n) is 4.53. The second-order valence-corrected chi connectivity index (χ2v) is 3.59. The monoisotopic (exact) mass is 168 g/mol. The third-order valence-electron chi connectivity index (χ3n) is 2.65. The molecule has 2 nitrogen and oxygen atoms in total. The normalized spacial score (nSPS) is 24.4. The van der Waals surface area contributed by atoms with E-state index in [1.807, 2.05) is 0 Å². The van der Waals surface area contributed by atoms with Crippen LogP contribution in [0.4, 0.5) is 0 Å². The van der Waals surface area contributed by atoms with Gasteiger partial charge in [-0.1, -0.05) is 19.3 Å². The number of hydrogen-bond acceptors (Lipinski definition) is 2. The maximum atomic E-state index is 9.93. The summed E-state index contributed by atoms with van der Waals surface area (Å²) in [7, 11) is 0. The van der Waals surface area contributed by atoms with E-state index in [0.29, 0.717) is 12.8 Å². The molecule has 1 atom stereocenters. The summed E-state index contributed by atoms with van der Waals surface area (Å²) >= 11 is 0. The Hall–Kier alpha value is -0.520. The highest BCUT2D eigenvalue weighted by Gasteiger charge is 2.35. The van der Waals surface area contributed by atoms with Gasteiger partial charge in [0.2, 0.25) is 0 Å². The van der Waals surface area contributed by atoms with Gasteiger partial charge in [0, 0.05) is 6.42 Å². The average Bonchev–Trinajstić information content (AvgIpc) is 2.06. The summed E-state index contributed by atoms with van der Waals surface area (Å²) in [6, 6.07) is 0. The zero-order chi connectivity index (χ0) is 9.03. The molecule has 0 aromatic carbocycles. The lowest BCUT2D eigenvalue weighted by Crippen LogP contribution is -2.43. The minimum atomic E-state index is -0.898. The van der Waals surface area contributed by atoms with Crippen molar-refractivity contribution in [1.82, 2.24) is 0 Å². The van der Waals surface area contributed by atoms with Gasteiger partial charge in [-0.2, -0.15) is 0 Å². The van der Waals surface area contributed by atoms with Crippen molar-refractivity contribution in [1.29, 1.82) is 0 Å². The van der Waals surface area contributed by atoms with Crippen molar-refractivity contribution in [2.45, 2.75) is 50.2 Å². The van der Waals surface area contributed by atoms with Crippen LogP contribution in [0.5, 0.6) is 0 Å². The zero-order valence-corrected chi connectivity index (χ0v) is 7.29. The largest absolute Gasteiger partial charge is 0.389 e. The van der Waals surface area contributed by atoms with Gasteiger partial charge in [-0.05, 0) is 12.8 Å². The molecule has 1 unspecified atom stereocenters. The van der Waals surface area contributed by atoms with Crippen LogP contribution in [0.25, 0.3) is 0 Å². The van der Waals surface area contributed by atoms with Crippen LogP contribution in [-0.4, -0.2) is 21.9 Å². The predicted molar refractivity (Wildman–Crippen MR) is 47.5 cm³/mol. The first kappa shape index (κ1) is 9.57. The highest BCUT2D eigenvalue weighted by atomic mass is 16.3. The maximum Gasteiger partial charge on any atom is 0.0935 e. The lowest BCUT2D eigenvalue weighted by Gasteiger charge is -2.35. The third-order valence-corrected chi connectivity index (χ3v) is 2.65. The van der Waals surface area contributed by atoms with Gasteiger partial charge in [-0.25, -0.2) is 0 Å². The summed E-state index contributed by atoms with van der Waals surface area (Å²) in [5.41, 5.74) is -0.898. The Labute approximate surface area is 73.6 Å². The molecule has 0 amide bonds. The molecule has 0 heterocycles. The molecular formula is C10H16O2. The molecule has 0 aliphatic heterocycles. The van der Waals surface area contributed by atoms with E-state index in [2.05, 4.69) is 5.92 Å². The van der Waals surface area contributed by atoms with E-state index in [9.17, 15) is 10.2 Å². The molecule has 0 bridgehead atoms. The smallest absolute Gasteiger partial charge is 0.0935 e. The summed E-state index contributed by atoms with van der Waals surface area (Å²) in [5.74, 6) is 2.38. The Morgan fingerprint density at radius 3 is 2.42 bits per heavy atom. The van der Waals surface area contributed by atoms with Crippen LogP contribution < -0.4 is 0 Å². The fourth-order valence-electron chi connectivity index (χ4n) is 1.80. The van der Waals surface area contributed by atoms with E-state index < -0.39 is 11.7 Å². The van der Waals surface area contributed by atoms with Gasteiger partial charge in [-0.3, -0.25) is 0 Å². The summed E-state index contributed by atoms with van der Waals surface area (Å²) in [5, 5.41) is 19.5. The molecule has 0 aromatic rings. The topological polar surface area (TPSA) is 40.5 Å². The van der Waals surface area contributed by atoms with E-state index in [1.54, 1.807) is 0 Å². The molecule has 12 heavy (non-hydrogen) atoms. The molecule has 0 aromatic heterocycles. The molecule has 0 saturated heterocycles. The van der Waals surface area contributed by atoms with Crippen molar-refractivity contribution < 1.29 is 10.2 Å². The van der Waals surface area contributed by atoms with Gasteiger partial charge in [-0.15, -0.1) is 12.3 Å². The van der Waals surface area contributed by atoms with E-state index >= 15 is 0 Å². The van der Waals surface area contributed by atoms with Crippen LogP contribution >= 0.6 is 0 Å². The van der Waals surface area contributed by atoms with Gasteiger partial charge in [0.15, 0.2) is 0 Å². The predicted octanol–water partition coefficient (Wildman–Crippen LogP) is 1.07. The SMILES string of the molecule is C#CCC(O)C1(O)CCCCC1. The Bertz CT molecular complexity index is 175. The number of rotatable bonds is 2. The minimum absolute atomic E-state index is 0.260. The van der Waals surface area contributed by atoms with Gasteiger partial charge < -0.3 is 10.2 Å². The van der Waals surface area contributed by atoms with Crippen LogP contribution in [0.3, 0.4) is 0 Å². The molecule has 1 aliphatic carbocycles. The Morgan fingerprint density at radius 2 is 1.92 bits per heavy atom. The van der Waals surface area contributed by atoms with Crippen molar-refractivity contribution in [2.75, 3.05) is 0 Å². The maximum absolute atomic E-state index is 9.93. The summed E-state index contributed by atoms with van der Waals surface area (Å²) < 4.78 is 0. The number of aliphatic hydroxyl groups is 2. The second-order valence-electron chi connectivity index (χ2n) is 3.59. The zero-order valence-electron chi connectivity index (χ0n) is 7.29. The standard InChI is InChI=1S/C10H16O2/c1-2-6-9(11)10(12)7-4-3-5-8-10/h1,9,11-12H,3-8H2. The first-order valence-corrected chi connectivity index (χ1v) is 4.53. The van der Waals surface area contributed by atoms with Crippen molar-refractivity contribution in [3.05, 3.63) is 0 Å². The minimum Gasteiger partial charge on any atom is -0.389 e. The van der Waals surface area contributed by atoms with E-state index in [0.717, 1.165) is 19.3 Å². The van der Waals surface area contributed by atoms with E-state index in [-0.39, 0.29) is 6.42 Å². The Morgan fingerprint density at radius 1 is 1.33 bits per heavy atom. The average molecular weight is 168 g/mol. The summed E-state index contributed by atoms with van der Waals surface area (Å²) in [4.78, 5) is 0. The molecular weight excluding hydrogens is 152 g/mol. The second kappa shape index (κ2) is 3.93. The summed E-state index contributed by atoms with van der Waals surface area (Å²) in [6.45, 7) is 0. The highest BCUT2D eigenvalue weighted by molar-refractivity contribution is 4.97. The van der Waals surface area contributed by atoms with Crippen LogP contribution in [-0.2, 0) is 0 Å². The van der Waals surface area contributed by atoms with Crippen molar-refractivity contribution in [3.63, 3.8) is 0 Å². The third kappa shape index (κ3) is 2.00. The van der Waals surface area contributed by atoms with Crippen molar-refractivity contribution in [2.24, 2.45) is 0 Å². The number of hydrogen-bond donors (Lipinski definition) is 2. The Kier molecular flexibility index (Phi) is 3.13. The van der Waals surface area contributed by atoms with Crippen LogP contribution in [0.1, 0.15) is 38.5 Å². The van der Waals surface area contributed by atoms with Crippen molar-refractivity contribution in [3.8, 4) is 12.3 Å². The van der Waals surface area contributed by atoms with Gasteiger partial charge in [0.1, 0.15) is 0 Å². The Balaban J connectivity index is 2.51. The fourth-order valence-corrected chi connectivity index (χ4v) is 1.80. The number of aliphatic hydroxyl groups excluding tert-OH is 1. The van der Waals surface area contributed by atoms with Gasteiger partial charge in [0.05, 0.1) is 11.7 Å². The summed E-state index contributed by atoms with van der Waals surface area (Å²) in [6.07, 6.45) is 9.14. The molecule has 1 saturated carbocycles. The lowest BCUT2D eigenvalue weighted by atomic mass is 9.80. The molecule has 0 radical (unpaired) electrons. The molecule has 1 aliphatic rings. The first-order chi connectivity index (χ1) is 5.69. The highest BCUT2D eigenvalue weighted by Crippen LogP contribution is 2.31. The van der Waals surface area contributed by atoms with Crippen molar-refractivity contribution >= 4 is 0 Å². The van der Waals surface area contributed by atoms with Gasteiger partial charge in [0.25, 0.3) is 0 Å². The molecule has 0 spiro atoms. The molecule has 2 N–H and O–H groups in total. The molecule has 1 fully saturated rings. The van der Waals surface area contributed by atoms with Crippen LogP contribution in [0.15, 0.2) is 0 Å². The van der Waals surface area contributed by atoms with E-state index in [1.165, 1.54) is 0 Å². The fraction of sp³-hybridized carbons (Fsp3) is 0.800. The molecule has 2 heteroatoms. The lowest BCUT2D eigenvalue weighted by molar-refractivity contribution is -0.0941. The van der Waals surface area contributed by atoms with Crippen LogP contribution in [0, 0.1) is 12.3 Å². The van der Waals surface area contributed by atoms with E-state index in [4.69, 9.17) is 6.42 Å². The quantitative estimate of drug-likeness (QED) is 0.605.